The van der Waals surface area contributed by atoms with E-state index in [9.17, 15) is 0 Å². The summed E-state index contributed by atoms with van der Waals surface area (Å²) in [6, 6.07) is 0. The average Bonchev–Trinajstić information content (AvgIpc) is 2.71. The fraction of sp³-hybridized carbons (Fsp3) is 0.750. The fourth-order valence-corrected chi connectivity index (χ4v) is 4.47. The Balaban J connectivity index is 1.50. The van der Waals surface area contributed by atoms with Crippen LogP contribution in [0.2, 0.25) is 0 Å². The van der Waals surface area contributed by atoms with Crippen molar-refractivity contribution in [3.05, 3.63) is 36.5 Å². The molecule has 6 atom stereocenters. The zero-order valence-corrected chi connectivity index (χ0v) is 18.1. The Morgan fingerprint density at radius 2 is 0.821 bits per heavy atom. The first kappa shape index (κ1) is 21.9. The molecule has 0 aromatic heterocycles. The van der Waals surface area contributed by atoms with E-state index in [2.05, 4.69) is 57.2 Å². The predicted molar refractivity (Wildman–Crippen MR) is 117 cm³/mol. The first-order valence-electron chi connectivity index (χ1n) is 11.4. The normalized spacial score (nSPS) is 35.2. The van der Waals surface area contributed by atoms with Gasteiger partial charge in [0.05, 0.1) is 0 Å². The van der Waals surface area contributed by atoms with Crippen LogP contribution >= 0.6 is 0 Å². The van der Waals surface area contributed by atoms with Crippen molar-refractivity contribution in [2.24, 2.45) is 35.5 Å². The first-order chi connectivity index (χ1) is 13.6. The van der Waals surface area contributed by atoms with Gasteiger partial charge in [-0.25, -0.2) is 0 Å². The monoisotopic (exact) mass is 386 g/mol. The fourth-order valence-electron chi connectivity index (χ4n) is 4.47. The molecule has 0 saturated heterocycles. The molecular weight excluding hydrogens is 347 g/mol. The highest BCUT2D eigenvalue weighted by Crippen LogP contribution is 2.28. The van der Waals surface area contributed by atoms with Gasteiger partial charge in [0.15, 0.2) is 0 Å². The maximum absolute atomic E-state index is 6.19. The molecule has 0 fully saturated rings. The van der Waals surface area contributed by atoms with Gasteiger partial charge >= 0.3 is 7.32 Å². The minimum absolute atomic E-state index is 0.533. The Labute approximate surface area is 172 Å². The van der Waals surface area contributed by atoms with Gasteiger partial charge in [-0.1, -0.05) is 57.2 Å². The molecule has 28 heavy (non-hydrogen) atoms. The van der Waals surface area contributed by atoms with Gasteiger partial charge in [0.25, 0.3) is 0 Å². The molecule has 0 amide bonds. The largest absolute Gasteiger partial charge is 0.639 e. The maximum Gasteiger partial charge on any atom is 0.639 e. The van der Waals surface area contributed by atoms with E-state index >= 15 is 0 Å². The summed E-state index contributed by atoms with van der Waals surface area (Å²) in [6.45, 7) is 9.12. The Bertz CT molecular complexity index is 468. The van der Waals surface area contributed by atoms with Crippen LogP contribution in [-0.4, -0.2) is 27.1 Å². The standard InChI is InChI=1S/C24H39BO3/c1-19-10-4-7-13-22(19)16-26-25(27-17-23-14-8-5-11-20(23)2)28-18-24-15-9-6-12-21(24)3/h4-9,19-24H,10-18H2,1-3H3/t19-,20-,21+,22-,23+,24+/m0/s1. The van der Waals surface area contributed by atoms with Crippen LogP contribution in [0.1, 0.15) is 59.3 Å². The number of rotatable bonds is 9. The molecule has 3 aliphatic rings. The van der Waals surface area contributed by atoms with E-state index < -0.39 is 7.32 Å². The first-order valence-corrected chi connectivity index (χ1v) is 11.4. The highest BCUT2D eigenvalue weighted by molar-refractivity contribution is 6.36. The number of allylic oxidation sites excluding steroid dienone is 6. The van der Waals surface area contributed by atoms with Gasteiger partial charge < -0.3 is 14.0 Å². The average molecular weight is 386 g/mol. The molecule has 0 aromatic rings. The Hall–Kier alpha value is -0.835. The predicted octanol–water partition coefficient (Wildman–Crippen LogP) is 5.83. The Morgan fingerprint density at radius 1 is 0.536 bits per heavy atom. The molecule has 0 unspecified atom stereocenters. The molecule has 4 heteroatoms. The molecule has 156 valence electrons. The molecule has 0 heterocycles. The summed E-state index contributed by atoms with van der Waals surface area (Å²) in [5.74, 6) is 3.68. The number of hydrogen-bond donors (Lipinski definition) is 0. The molecule has 3 nitrogen and oxygen atoms in total. The lowest BCUT2D eigenvalue weighted by atomic mass is 9.84. The van der Waals surface area contributed by atoms with Crippen LogP contribution in [0.4, 0.5) is 0 Å². The lowest BCUT2D eigenvalue weighted by Gasteiger charge is -2.30. The van der Waals surface area contributed by atoms with Gasteiger partial charge in [-0.2, -0.15) is 0 Å². The van der Waals surface area contributed by atoms with Crippen molar-refractivity contribution >= 4 is 7.32 Å². The second-order valence-corrected chi connectivity index (χ2v) is 9.33. The van der Waals surface area contributed by atoms with Crippen LogP contribution in [-0.2, 0) is 14.0 Å². The Morgan fingerprint density at radius 3 is 1.11 bits per heavy atom. The topological polar surface area (TPSA) is 27.7 Å². The molecule has 0 aliphatic heterocycles. The van der Waals surface area contributed by atoms with Gasteiger partial charge in [0.1, 0.15) is 0 Å². The minimum atomic E-state index is -0.533. The van der Waals surface area contributed by atoms with Gasteiger partial charge in [-0.15, -0.1) is 0 Å². The van der Waals surface area contributed by atoms with E-state index in [1.165, 1.54) is 0 Å². The molecule has 3 aliphatic carbocycles. The van der Waals surface area contributed by atoms with Crippen molar-refractivity contribution < 1.29 is 14.0 Å². The van der Waals surface area contributed by atoms with Crippen LogP contribution in [0, 0.1) is 35.5 Å². The third-order valence-corrected chi connectivity index (χ3v) is 7.09. The van der Waals surface area contributed by atoms with Crippen molar-refractivity contribution in [3.63, 3.8) is 0 Å². The van der Waals surface area contributed by atoms with Crippen LogP contribution in [0.5, 0.6) is 0 Å². The lowest BCUT2D eigenvalue weighted by molar-refractivity contribution is 0.0404. The van der Waals surface area contributed by atoms with Crippen LogP contribution in [0.15, 0.2) is 36.5 Å². The van der Waals surface area contributed by atoms with E-state index in [4.69, 9.17) is 14.0 Å². The zero-order chi connectivity index (χ0) is 19.8. The molecule has 0 N–H and O–H groups in total. The summed E-state index contributed by atoms with van der Waals surface area (Å²) in [7, 11) is -0.533. The highest BCUT2D eigenvalue weighted by Gasteiger charge is 2.30. The second kappa shape index (κ2) is 11.4. The van der Waals surface area contributed by atoms with Gasteiger partial charge in [-0.3, -0.25) is 0 Å². The van der Waals surface area contributed by atoms with E-state index in [1.54, 1.807) is 0 Å². The van der Waals surface area contributed by atoms with Crippen molar-refractivity contribution in [1.82, 2.24) is 0 Å². The molecule has 3 rings (SSSR count). The second-order valence-electron chi connectivity index (χ2n) is 9.33. The summed E-state index contributed by atoms with van der Waals surface area (Å²) >= 11 is 0. The van der Waals surface area contributed by atoms with Crippen molar-refractivity contribution in [2.45, 2.75) is 59.3 Å². The smallest absolute Gasteiger partial charge is 0.386 e. The quantitative estimate of drug-likeness (QED) is 0.369. The van der Waals surface area contributed by atoms with E-state index in [0.717, 1.165) is 58.3 Å². The minimum Gasteiger partial charge on any atom is -0.386 e. The van der Waals surface area contributed by atoms with Crippen molar-refractivity contribution in [2.75, 3.05) is 19.8 Å². The van der Waals surface area contributed by atoms with E-state index in [0.29, 0.717) is 35.5 Å². The third-order valence-electron chi connectivity index (χ3n) is 7.09. The van der Waals surface area contributed by atoms with Gasteiger partial charge in [-0.05, 0) is 74.0 Å². The summed E-state index contributed by atoms with van der Waals surface area (Å²) in [4.78, 5) is 0. The molecule has 0 radical (unpaired) electrons. The van der Waals surface area contributed by atoms with Crippen LogP contribution in [0.3, 0.4) is 0 Å². The van der Waals surface area contributed by atoms with Crippen molar-refractivity contribution in [3.8, 4) is 0 Å². The van der Waals surface area contributed by atoms with Crippen LogP contribution in [0.25, 0.3) is 0 Å². The van der Waals surface area contributed by atoms with Crippen molar-refractivity contribution in [1.29, 1.82) is 0 Å². The summed E-state index contributed by atoms with van der Waals surface area (Å²) in [5, 5.41) is 0. The number of hydrogen-bond acceptors (Lipinski definition) is 3. The summed E-state index contributed by atoms with van der Waals surface area (Å²) in [5.41, 5.74) is 0. The third kappa shape index (κ3) is 6.61. The molecule has 0 spiro atoms. The lowest BCUT2D eigenvalue weighted by Crippen LogP contribution is -2.36. The Kier molecular flexibility index (Phi) is 8.88. The van der Waals surface area contributed by atoms with E-state index in [-0.39, 0.29) is 0 Å². The molecule has 0 aromatic carbocycles. The van der Waals surface area contributed by atoms with Gasteiger partial charge in [0, 0.05) is 19.8 Å². The molecule has 0 bridgehead atoms. The zero-order valence-electron chi connectivity index (χ0n) is 18.1. The van der Waals surface area contributed by atoms with Crippen LogP contribution < -0.4 is 0 Å². The SMILES string of the molecule is C[C@@H]1CC=CC[C@@H]1COB(OC[C@H]1CC=CC[C@@H]1C)OC[C@@H]1CC=CC[C@@H]1C. The summed E-state index contributed by atoms with van der Waals surface area (Å²) in [6.07, 6.45) is 20.5. The molecular formula is C24H39BO3. The maximum atomic E-state index is 6.19. The van der Waals surface area contributed by atoms with Gasteiger partial charge in [0.2, 0.25) is 0 Å². The summed E-state index contributed by atoms with van der Waals surface area (Å²) < 4.78 is 18.6. The molecule has 0 saturated carbocycles. The highest BCUT2D eigenvalue weighted by atomic mass is 16.7. The van der Waals surface area contributed by atoms with E-state index in [1.807, 2.05) is 0 Å².